The third-order valence-electron chi connectivity index (χ3n) is 2.04. The van der Waals surface area contributed by atoms with Crippen LogP contribution in [0.1, 0.15) is 5.56 Å². The monoisotopic (exact) mass is 204 g/mol. The van der Waals surface area contributed by atoms with Crippen molar-refractivity contribution >= 4 is 11.6 Å². The lowest BCUT2D eigenvalue weighted by atomic mass is 10.1. The predicted molar refractivity (Wildman–Crippen MR) is 57.2 cm³/mol. The molecule has 0 saturated carbocycles. The molecule has 1 aromatic heterocycles. The topological polar surface area (TPSA) is 25.8 Å². The molecule has 0 radical (unpaired) electrons. The molecule has 14 heavy (non-hydrogen) atoms. The second-order valence-corrected chi connectivity index (χ2v) is 3.49. The Hall–Kier alpha value is -1.41. The normalized spacial score (nSPS) is 10.1. The van der Waals surface area contributed by atoms with Crippen LogP contribution in [0.4, 0.5) is 0 Å². The molecule has 3 heteroatoms. The van der Waals surface area contributed by atoms with E-state index in [0.29, 0.717) is 0 Å². The Kier molecular flexibility index (Phi) is 2.46. The molecule has 0 unspecified atom stereocenters. The first-order chi connectivity index (χ1) is 6.77. The molecule has 0 bridgehead atoms. The second-order valence-electron chi connectivity index (χ2n) is 3.05. The van der Waals surface area contributed by atoms with Gasteiger partial charge in [0, 0.05) is 23.0 Å². The average molecular weight is 205 g/mol. The molecule has 70 valence electrons. The summed E-state index contributed by atoms with van der Waals surface area (Å²) in [7, 11) is 0. The van der Waals surface area contributed by atoms with E-state index in [2.05, 4.69) is 9.97 Å². The van der Waals surface area contributed by atoms with E-state index in [9.17, 15) is 0 Å². The largest absolute Gasteiger partial charge is 0.261 e. The van der Waals surface area contributed by atoms with Gasteiger partial charge < -0.3 is 0 Å². The summed E-state index contributed by atoms with van der Waals surface area (Å²) in [4.78, 5) is 8.26. The molecule has 0 fully saturated rings. The molecule has 0 aliphatic heterocycles. The molecular formula is C11H9ClN2. The minimum absolute atomic E-state index is 0.719. The van der Waals surface area contributed by atoms with E-state index in [1.165, 1.54) is 0 Å². The fraction of sp³-hybridized carbons (Fsp3) is 0.0909. The fourth-order valence-corrected chi connectivity index (χ4v) is 1.48. The van der Waals surface area contributed by atoms with Crippen LogP contribution in [0.3, 0.4) is 0 Å². The Morgan fingerprint density at radius 3 is 2.79 bits per heavy atom. The van der Waals surface area contributed by atoms with E-state index in [1.54, 1.807) is 18.6 Å². The maximum absolute atomic E-state index is 5.92. The van der Waals surface area contributed by atoms with Gasteiger partial charge in [0.15, 0.2) is 0 Å². The lowest BCUT2D eigenvalue weighted by Crippen LogP contribution is -1.87. The van der Waals surface area contributed by atoms with Crippen molar-refractivity contribution in [3.8, 4) is 11.3 Å². The summed E-state index contributed by atoms with van der Waals surface area (Å²) < 4.78 is 0. The molecule has 0 atom stereocenters. The molecule has 0 aliphatic rings. The van der Waals surface area contributed by atoms with E-state index in [4.69, 9.17) is 11.6 Å². The minimum atomic E-state index is 0.719. The number of hydrogen-bond acceptors (Lipinski definition) is 2. The smallest absolute Gasteiger partial charge is 0.0888 e. The van der Waals surface area contributed by atoms with Gasteiger partial charge in [0.1, 0.15) is 0 Å². The Morgan fingerprint density at radius 2 is 2.07 bits per heavy atom. The van der Waals surface area contributed by atoms with Gasteiger partial charge in [-0.3, -0.25) is 9.97 Å². The number of aryl methyl sites for hydroxylation is 1. The van der Waals surface area contributed by atoms with E-state index in [0.717, 1.165) is 21.8 Å². The number of rotatable bonds is 1. The minimum Gasteiger partial charge on any atom is -0.261 e. The number of aromatic nitrogens is 2. The van der Waals surface area contributed by atoms with Crippen LogP contribution in [-0.2, 0) is 0 Å². The van der Waals surface area contributed by atoms with Crippen molar-refractivity contribution in [1.82, 2.24) is 9.97 Å². The van der Waals surface area contributed by atoms with Gasteiger partial charge >= 0.3 is 0 Å². The van der Waals surface area contributed by atoms with Crippen LogP contribution >= 0.6 is 11.6 Å². The molecule has 0 spiro atoms. The maximum Gasteiger partial charge on any atom is 0.0888 e. The third kappa shape index (κ3) is 1.75. The van der Waals surface area contributed by atoms with Gasteiger partial charge in [0.05, 0.1) is 11.9 Å². The molecule has 1 heterocycles. The first kappa shape index (κ1) is 9.16. The highest BCUT2D eigenvalue weighted by atomic mass is 35.5. The lowest BCUT2D eigenvalue weighted by Gasteiger charge is -2.04. The number of benzene rings is 1. The van der Waals surface area contributed by atoms with Crippen LogP contribution in [0.25, 0.3) is 11.3 Å². The Bertz CT molecular complexity index is 440. The summed E-state index contributed by atoms with van der Waals surface area (Å²) in [5.41, 5.74) is 3.04. The van der Waals surface area contributed by atoms with Gasteiger partial charge in [-0.15, -0.1) is 0 Å². The second kappa shape index (κ2) is 3.76. The van der Waals surface area contributed by atoms with Crippen LogP contribution in [0.15, 0.2) is 36.8 Å². The first-order valence-electron chi connectivity index (χ1n) is 4.30. The van der Waals surface area contributed by atoms with Gasteiger partial charge in [-0.2, -0.15) is 0 Å². The summed E-state index contributed by atoms with van der Waals surface area (Å²) in [6, 6.07) is 5.75. The maximum atomic E-state index is 5.92. The lowest BCUT2D eigenvalue weighted by molar-refractivity contribution is 1.20. The zero-order valence-corrected chi connectivity index (χ0v) is 8.49. The van der Waals surface area contributed by atoms with E-state index in [-0.39, 0.29) is 0 Å². The molecule has 0 N–H and O–H groups in total. The summed E-state index contributed by atoms with van der Waals surface area (Å²) >= 11 is 5.92. The zero-order valence-electron chi connectivity index (χ0n) is 7.74. The van der Waals surface area contributed by atoms with Crippen LogP contribution in [0.5, 0.6) is 0 Å². The van der Waals surface area contributed by atoms with Gasteiger partial charge in [0.25, 0.3) is 0 Å². The molecule has 1 aromatic carbocycles. The van der Waals surface area contributed by atoms with Crippen molar-refractivity contribution in [1.29, 1.82) is 0 Å². The summed E-state index contributed by atoms with van der Waals surface area (Å²) in [6.07, 6.45) is 5.07. The zero-order chi connectivity index (χ0) is 9.97. The predicted octanol–water partition coefficient (Wildman–Crippen LogP) is 3.11. The van der Waals surface area contributed by atoms with Gasteiger partial charge in [-0.1, -0.05) is 17.7 Å². The number of halogens is 1. The quantitative estimate of drug-likeness (QED) is 0.714. The molecular weight excluding hydrogens is 196 g/mol. The molecule has 0 aliphatic carbocycles. The summed E-state index contributed by atoms with van der Waals surface area (Å²) in [5.74, 6) is 0. The molecule has 2 rings (SSSR count). The van der Waals surface area contributed by atoms with Crippen LogP contribution in [0.2, 0.25) is 5.02 Å². The highest BCUT2D eigenvalue weighted by Gasteiger charge is 2.03. The van der Waals surface area contributed by atoms with Crippen molar-refractivity contribution in [3.63, 3.8) is 0 Å². The Labute approximate surface area is 87.6 Å². The molecule has 0 saturated heterocycles. The first-order valence-corrected chi connectivity index (χ1v) is 4.68. The number of nitrogens with zero attached hydrogens (tertiary/aromatic N) is 2. The van der Waals surface area contributed by atoms with Gasteiger partial charge in [0.2, 0.25) is 0 Å². The standard InChI is InChI=1S/C11H9ClN2/c1-8-2-3-9(12)6-10(8)11-7-13-4-5-14-11/h2-7H,1H3. The molecule has 0 amide bonds. The van der Waals surface area contributed by atoms with E-state index >= 15 is 0 Å². The molecule has 2 aromatic rings. The highest BCUT2D eigenvalue weighted by molar-refractivity contribution is 6.30. The van der Waals surface area contributed by atoms with Gasteiger partial charge in [-0.25, -0.2) is 0 Å². The van der Waals surface area contributed by atoms with Crippen LogP contribution in [0, 0.1) is 6.92 Å². The Balaban J connectivity index is 2.57. The fourth-order valence-electron chi connectivity index (χ4n) is 1.31. The molecule has 2 nitrogen and oxygen atoms in total. The van der Waals surface area contributed by atoms with E-state index in [1.807, 2.05) is 25.1 Å². The van der Waals surface area contributed by atoms with Gasteiger partial charge in [-0.05, 0) is 24.6 Å². The van der Waals surface area contributed by atoms with Crippen molar-refractivity contribution in [3.05, 3.63) is 47.4 Å². The summed E-state index contributed by atoms with van der Waals surface area (Å²) in [6.45, 7) is 2.03. The van der Waals surface area contributed by atoms with Crippen molar-refractivity contribution in [2.45, 2.75) is 6.92 Å². The summed E-state index contributed by atoms with van der Waals surface area (Å²) in [5, 5.41) is 0.719. The highest BCUT2D eigenvalue weighted by Crippen LogP contribution is 2.23. The van der Waals surface area contributed by atoms with Crippen molar-refractivity contribution in [2.75, 3.05) is 0 Å². The van der Waals surface area contributed by atoms with Crippen LogP contribution < -0.4 is 0 Å². The Morgan fingerprint density at radius 1 is 1.21 bits per heavy atom. The van der Waals surface area contributed by atoms with Crippen molar-refractivity contribution in [2.24, 2.45) is 0 Å². The number of hydrogen-bond donors (Lipinski definition) is 0. The van der Waals surface area contributed by atoms with E-state index < -0.39 is 0 Å². The third-order valence-corrected chi connectivity index (χ3v) is 2.27. The SMILES string of the molecule is Cc1ccc(Cl)cc1-c1cnccn1. The average Bonchev–Trinajstić information content (AvgIpc) is 2.23. The van der Waals surface area contributed by atoms with Crippen molar-refractivity contribution < 1.29 is 0 Å². The van der Waals surface area contributed by atoms with Crippen LogP contribution in [-0.4, -0.2) is 9.97 Å².